The maximum Gasteiger partial charge on any atom is 0.490 e. The van der Waals surface area contributed by atoms with E-state index in [0.29, 0.717) is 5.91 Å². The Morgan fingerprint density at radius 2 is 1.88 bits per heavy atom. The molecule has 3 aliphatic heterocycles. The monoisotopic (exact) mass is 456 g/mol. The van der Waals surface area contributed by atoms with E-state index in [9.17, 15) is 18.0 Å². The molecule has 3 fully saturated rings. The first-order valence-corrected chi connectivity index (χ1v) is 11.0. The van der Waals surface area contributed by atoms with Crippen LogP contribution < -0.4 is 0 Å². The van der Waals surface area contributed by atoms with E-state index in [4.69, 9.17) is 14.6 Å². The van der Waals surface area contributed by atoms with Crippen molar-refractivity contribution in [3.63, 3.8) is 0 Å². The lowest BCUT2D eigenvalue weighted by molar-refractivity contribution is -0.192. The number of carbonyl (C=O) groups is 2. The number of carboxylic acids is 1. The number of hydrogen-bond acceptors (Lipinski definition) is 4. The van der Waals surface area contributed by atoms with Gasteiger partial charge in [0.1, 0.15) is 0 Å². The first kappa shape index (κ1) is 24.5. The third-order valence-corrected chi connectivity index (χ3v) is 6.59. The molecule has 6 nitrogen and oxygen atoms in total. The zero-order chi connectivity index (χ0) is 23.4. The molecule has 3 saturated heterocycles. The van der Waals surface area contributed by atoms with E-state index in [-0.39, 0.29) is 5.41 Å². The van der Waals surface area contributed by atoms with Crippen molar-refractivity contribution in [1.29, 1.82) is 0 Å². The number of benzene rings is 1. The molecule has 32 heavy (non-hydrogen) atoms. The maximum atomic E-state index is 13.1. The van der Waals surface area contributed by atoms with Crippen LogP contribution in [0, 0.1) is 18.3 Å². The molecule has 178 valence electrons. The summed E-state index contributed by atoms with van der Waals surface area (Å²) in [5.41, 5.74) is 2.42. The molecule has 1 atom stereocenters. The standard InChI is InChI=1S/C21H30N2O2.C2HF3O2/c1-17-3-2-4-19(13-17)15-23-10-8-21(20(23)24)7-9-22(16-21)14-18-5-11-25-12-6-18;3-2(4,5)1(6)7/h2-4,13,18H,5-12,14-16H2,1H3;(H,6,7). The highest BCUT2D eigenvalue weighted by Crippen LogP contribution is 2.41. The highest BCUT2D eigenvalue weighted by Gasteiger charge is 2.50. The summed E-state index contributed by atoms with van der Waals surface area (Å²) in [4.78, 5) is 26.7. The number of aryl methyl sites for hydroxylation is 1. The number of ether oxygens (including phenoxy) is 1. The Kier molecular flexibility index (Phi) is 7.82. The zero-order valence-electron chi connectivity index (χ0n) is 18.4. The average Bonchev–Trinajstić information content (AvgIpc) is 3.27. The van der Waals surface area contributed by atoms with E-state index >= 15 is 0 Å². The molecular formula is C23H31F3N2O4. The summed E-state index contributed by atoms with van der Waals surface area (Å²) in [7, 11) is 0. The Hall–Kier alpha value is -2.13. The van der Waals surface area contributed by atoms with Crippen LogP contribution in [0.5, 0.6) is 0 Å². The van der Waals surface area contributed by atoms with E-state index in [1.165, 1.54) is 24.0 Å². The summed E-state index contributed by atoms with van der Waals surface area (Å²) < 4.78 is 37.2. The van der Waals surface area contributed by atoms with Crippen molar-refractivity contribution in [2.75, 3.05) is 39.4 Å². The molecule has 0 aliphatic carbocycles. The van der Waals surface area contributed by atoms with Gasteiger partial charge in [0.25, 0.3) is 0 Å². The number of aliphatic carboxylic acids is 1. The molecule has 1 aromatic rings. The van der Waals surface area contributed by atoms with Gasteiger partial charge in [0.2, 0.25) is 5.91 Å². The van der Waals surface area contributed by atoms with Crippen LogP contribution in [0.15, 0.2) is 24.3 Å². The van der Waals surface area contributed by atoms with Crippen LogP contribution in [-0.2, 0) is 20.9 Å². The average molecular weight is 457 g/mol. The Morgan fingerprint density at radius 1 is 1.22 bits per heavy atom. The van der Waals surface area contributed by atoms with Crippen molar-refractivity contribution >= 4 is 11.9 Å². The minimum Gasteiger partial charge on any atom is -0.475 e. The number of carboxylic acid groups (broad SMARTS) is 1. The molecule has 1 amide bonds. The van der Waals surface area contributed by atoms with Crippen LogP contribution in [0.25, 0.3) is 0 Å². The number of carbonyl (C=O) groups excluding carboxylic acids is 1. The molecule has 3 aliphatic rings. The quantitative estimate of drug-likeness (QED) is 0.751. The summed E-state index contributed by atoms with van der Waals surface area (Å²) in [6.45, 7) is 8.81. The van der Waals surface area contributed by atoms with Crippen molar-refractivity contribution in [3.05, 3.63) is 35.4 Å². The number of alkyl halides is 3. The van der Waals surface area contributed by atoms with Crippen LogP contribution in [-0.4, -0.2) is 72.4 Å². The lowest BCUT2D eigenvalue weighted by Gasteiger charge is -2.28. The number of amides is 1. The van der Waals surface area contributed by atoms with Gasteiger partial charge in [0, 0.05) is 39.4 Å². The Labute approximate surface area is 186 Å². The Bertz CT molecular complexity index is 811. The fourth-order valence-corrected chi connectivity index (χ4v) is 4.86. The predicted molar refractivity (Wildman–Crippen MR) is 112 cm³/mol. The summed E-state index contributed by atoms with van der Waals surface area (Å²) in [5.74, 6) is -1.61. The second kappa shape index (κ2) is 10.2. The molecule has 1 unspecified atom stereocenters. The predicted octanol–water partition coefficient (Wildman–Crippen LogP) is 3.48. The lowest BCUT2D eigenvalue weighted by Crippen LogP contribution is -2.38. The second-order valence-electron chi connectivity index (χ2n) is 9.09. The van der Waals surface area contributed by atoms with Crippen molar-refractivity contribution in [2.45, 2.75) is 45.3 Å². The van der Waals surface area contributed by atoms with E-state index in [1.807, 2.05) is 0 Å². The minimum atomic E-state index is -5.08. The second-order valence-corrected chi connectivity index (χ2v) is 9.09. The van der Waals surface area contributed by atoms with Gasteiger partial charge in [-0.2, -0.15) is 13.2 Å². The molecule has 9 heteroatoms. The van der Waals surface area contributed by atoms with Crippen molar-refractivity contribution < 1.29 is 32.6 Å². The molecule has 0 bridgehead atoms. The van der Waals surface area contributed by atoms with Gasteiger partial charge in [0.05, 0.1) is 5.41 Å². The fourth-order valence-electron chi connectivity index (χ4n) is 4.86. The number of rotatable bonds is 4. The third kappa shape index (κ3) is 6.22. The van der Waals surface area contributed by atoms with Gasteiger partial charge in [-0.3, -0.25) is 4.79 Å². The van der Waals surface area contributed by atoms with Crippen LogP contribution in [0.2, 0.25) is 0 Å². The number of likely N-dealkylation sites (tertiary alicyclic amines) is 2. The van der Waals surface area contributed by atoms with Crippen molar-refractivity contribution in [1.82, 2.24) is 9.80 Å². The Balaban J connectivity index is 0.000000360. The summed E-state index contributed by atoms with van der Waals surface area (Å²) in [6.07, 6.45) is -0.658. The van der Waals surface area contributed by atoms with Gasteiger partial charge in [-0.25, -0.2) is 4.79 Å². The number of nitrogens with zero attached hydrogens (tertiary/aromatic N) is 2. The van der Waals surface area contributed by atoms with Gasteiger partial charge >= 0.3 is 12.1 Å². The molecule has 0 radical (unpaired) electrons. The van der Waals surface area contributed by atoms with Crippen molar-refractivity contribution in [2.24, 2.45) is 11.3 Å². The highest BCUT2D eigenvalue weighted by molar-refractivity contribution is 5.85. The van der Waals surface area contributed by atoms with Gasteiger partial charge < -0.3 is 19.6 Å². The molecule has 3 heterocycles. The van der Waals surface area contributed by atoms with Gasteiger partial charge in [0.15, 0.2) is 0 Å². The number of hydrogen-bond donors (Lipinski definition) is 1. The van der Waals surface area contributed by atoms with Gasteiger partial charge in [-0.15, -0.1) is 0 Å². The molecule has 4 rings (SSSR count). The first-order valence-electron chi connectivity index (χ1n) is 11.0. The molecule has 1 aromatic carbocycles. The summed E-state index contributed by atoms with van der Waals surface area (Å²) >= 11 is 0. The van der Waals surface area contributed by atoms with E-state index in [1.54, 1.807) is 0 Å². The Morgan fingerprint density at radius 3 is 2.50 bits per heavy atom. The van der Waals surface area contributed by atoms with Crippen LogP contribution in [0.1, 0.15) is 36.8 Å². The summed E-state index contributed by atoms with van der Waals surface area (Å²) in [5, 5.41) is 7.12. The molecule has 0 saturated carbocycles. The maximum absolute atomic E-state index is 13.1. The first-order chi connectivity index (χ1) is 15.1. The van der Waals surface area contributed by atoms with Crippen LogP contribution >= 0.6 is 0 Å². The SMILES string of the molecule is Cc1cccc(CN2CCC3(CCN(CC4CCOCC4)C3)C2=O)c1.O=C(O)C(F)(F)F. The van der Waals surface area contributed by atoms with E-state index in [2.05, 4.69) is 41.0 Å². The molecule has 0 aromatic heterocycles. The number of halogens is 3. The lowest BCUT2D eigenvalue weighted by atomic mass is 9.85. The summed E-state index contributed by atoms with van der Waals surface area (Å²) in [6, 6.07) is 8.54. The van der Waals surface area contributed by atoms with E-state index < -0.39 is 12.1 Å². The van der Waals surface area contributed by atoms with E-state index in [0.717, 1.165) is 64.7 Å². The molecule has 1 spiro atoms. The third-order valence-electron chi connectivity index (χ3n) is 6.59. The normalized spacial score (nSPS) is 24.6. The highest BCUT2D eigenvalue weighted by atomic mass is 19.4. The van der Waals surface area contributed by atoms with Gasteiger partial charge in [-0.05, 0) is 50.6 Å². The van der Waals surface area contributed by atoms with Gasteiger partial charge in [-0.1, -0.05) is 29.8 Å². The topological polar surface area (TPSA) is 70.1 Å². The van der Waals surface area contributed by atoms with Crippen LogP contribution in [0.4, 0.5) is 13.2 Å². The smallest absolute Gasteiger partial charge is 0.475 e. The van der Waals surface area contributed by atoms with Crippen molar-refractivity contribution in [3.8, 4) is 0 Å². The fraction of sp³-hybridized carbons (Fsp3) is 0.652. The molecule has 1 N–H and O–H groups in total. The van der Waals surface area contributed by atoms with Crippen LogP contribution in [0.3, 0.4) is 0 Å². The minimum absolute atomic E-state index is 0.102. The molecular weight excluding hydrogens is 425 g/mol. The largest absolute Gasteiger partial charge is 0.490 e. The zero-order valence-corrected chi connectivity index (χ0v) is 18.4.